The fourth-order valence-corrected chi connectivity index (χ4v) is 2.15. The lowest BCUT2D eigenvalue weighted by Crippen LogP contribution is -2.54. The predicted molar refractivity (Wildman–Crippen MR) is 65.4 cm³/mol. The van der Waals surface area contributed by atoms with Gasteiger partial charge in [-0.25, -0.2) is 13.2 Å². The zero-order valence-corrected chi connectivity index (χ0v) is 10.6. The quantitative estimate of drug-likeness (QED) is 0.709. The molecule has 7 heteroatoms. The molecule has 0 aliphatic carbocycles. The lowest BCUT2D eigenvalue weighted by atomic mass is 10.0. The zero-order valence-electron chi connectivity index (χ0n) is 10.6. The van der Waals surface area contributed by atoms with E-state index in [2.05, 4.69) is 10.6 Å². The minimum absolute atomic E-state index is 0.0390. The van der Waals surface area contributed by atoms with Crippen LogP contribution in [0.25, 0.3) is 0 Å². The third kappa shape index (κ3) is 3.49. The lowest BCUT2D eigenvalue weighted by Gasteiger charge is -2.29. The second kappa shape index (κ2) is 6.23. The van der Waals surface area contributed by atoms with E-state index in [1.807, 2.05) is 0 Å². The molecule has 0 bridgehead atoms. The highest BCUT2D eigenvalue weighted by atomic mass is 19.2. The van der Waals surface area contributed by atoms with Crippen molar-refractivity contribution in [3.63, 3.8) is 0 Å². The predicted octanol–water partition coefficient (Wildman–Crippen LogP) is 0.485. The molecule has 110 valence electrons. The van der Waals surface area contributed by atoms with Gasteiger partial charge in [-0.3, -0.25) is 4.79 Å². The van der Waals surface area contributed by atoms with Crippen LogP contribution >= 0.6 is 0 Å². The van der Waals surface area contributed by atoms with Crippen LogP contribution in [0.15, 0.2) is 12.1 Å². The molecule has 0 saturated carbocycles. The molecule has 0 radical (unpaired) electrons. The first-order valence-electron chi connectivity index (χ1n) is 6.29. The van der Waals surface area contributed by atoms with E-state index >= 15 is 0 Å². The molecule has 1 aliphatic rings. The molecule has 0 aromatic heterocycles. The SMILES string of the molecule is O=C(Cc1cc(F)c(F)c(F)c1)N[C@H]1CNCC[C@H]1O. The van der Waals surface area contributed by atoms with Gasteiger partial charge >= 0.3 is 0 Å². The third-order valence-electron chi connectivity index (χ3n) is 3.20. The minimum Gasteiger partial charge on any atom is -0.391 e. The summed E-state index contributed by atoms with van der Waals surface area (Å²) in [6.07, 6.45) is -0.413. The number of amides is 1. The maximum absolute atomic E-state index is 13.0. The first-order valence-corrected chi connectivity index (χ1v) is 6.29. The third-order valence-corrected chi connectivity index (χ3v) is 3.20. The Hall–Kier alpha value is -1.60. The molecular formula is C13H15F3N2O2. The summed E-state index contributed by atoms with van der Waals surface area (Å²) < 4.78 is 38.8. The molecule has 4 nitrogen and oxygen atoms in total. The van der Waals surface area contributed by atoms with Gasteiger partial charge in [0, 0.05) is 6.54 Å². The molecule has 1 aromatic carbocycles. The van der Waals surface area contributed by atoms with Gasteiger partial charge in [-0.05, 0) is 30.7 Å². The number of benzene rings is 1. The summed E-state index contributed by atoms with van der Waals surface area (Å²) in [7, 11) is 0. The van der Waals surface area contributed by atoms with Crippen LogP contribution in [0.1, 0.15) is 12.0 Å². The first kappa shape index (κ1) is 14.8. The number of carbonyl (C=O) groups excluding carboxylic acids is 1. The Morgan fingerprint density at radius 2 is 2.00 bits per heavy atom. The number of halogens is 3. The monoisotopic (exact) mass is 288 g/mol. The number of rotatable bonds is 3. The second-order valence-electron chi connectivity index (χ2n) is 4.78. The highest BCUT2D eigenvalue weighted by Gasteiger charge is 2.24. The summed E-state index contributed by atoms with van der Waals surface area (Å²) in [6, 6.07) is 1.13. The molecule has 1 amide bonds. The standard InChI is InChI=1S/C13H15F3N2O2/c14-8-3-7(4-9(15)13(8)16)5-12(20)18-10-6-17-2-1-11(10)19/h3-4,10-11,17,19H,1-2,5-6H2,(H,18,20)/t10-,11+/m0/s1. The molecule has 0 spiro atoms. The number of hydrogen-bond acceptors (Lipinski definition) is 3. The van der Waals surface area contributed by atoms with E-state index in [1.165, 1.54) is 0 Å². The number of nitrogens with one attached hydrogen (secondary N) is 2. The second-order valence-corrected chi connectivity index (χ2v) is 4.78. The van der Waals surface area contributed by atoms with Crippen LogP contribution in [-0.2, 0) is 11.2 Å². The first-order chi connectivity index (χ1) is 9.47. The van der Waals surface area contributed by atoms with Gasteiger partial charge in [-0.15, -0.1) is 0 Å². The van der Waals surface area contributed by atoms with Crippen molar-refractivity contribution in [2.45, 2.75) is 25.0 Å². The largest absolute Gasteiger partial charge is 0.391 e. The van der Waals surface area contributed by atoms with Crippen molar-refractivity contribution in [3.8, 4) is 0 Å². The van der Waals surface area contributed by atoms with Crippen molar-refractivity contribution in [3.05, 3.63) is 35.1 Å². The van der Waals surface area contributed by atoms with Crippen LogP contribution in [-0.4, -0.2) is 36.2 Å². The van der Waals surface area contributed by atoms with Gasteiger partial charge < -0.3 is 15.7 Å². The van der Waals surface area contributed by atoms with Gasteiger partial charge in [-0.1, -0.05) is 0 Å². The van der Waals surface area contributed by atoms with Crippen LogP contribution in [0.3, 0.4) is 0 Å². The van der Waals surface area contributed by atoms with Gasteiger partial charge in [0.2, 0.25) is 5.91 Å². The van der Waals surface area contributed by atoms with Crippen LogP contribution in [0.4, 0.5) is 13.2 Å². The van der Waals surface area contributed by atoms with Crippen molar-refractivity contribution in [1.29, 1.82) is 0 Å². The van der Waals surface area contributed by atoms with Crippen LogP contribution in [0, 0.1) is 17.5 Å². The number of aliphatic hydroxyl groups is 1. The molecule has 1 fully saturated rings. The molecular weight excluding hydrogens is 273 g/mol. The summed E-state index contributed by atoms with van der Waals surface area (Å²) in [5.41, 5.74) is 0.0390. The van der Waals surface area contributed by atoms with Crippen molar-refractivity contribution >= 4 is 5.91 Å². The normalized spacial score (nSPS) is 22.6. The highest BCUT2D eigenvalue weighted by Crippen LogP contribution is 2.14. The Morgan fingerprint density at radius 3 is 2.60 bits per heavy atom. The van der Waals surface area contributed by atoms with E-state index in [0.29, 0.717) is 19.5 Å². The topological polar surface area (TPSA) is 61.4 Å². The minimum atomic E-state index is -1.55. The number of piperidine rings is 1. The fourth-order valence-electron chi connectivity index (χ4n) is 2.15. The molecule has 3 N–H and O–H groups in total. The van der Waals surface area contributed by atoms with Gasteiger partial charge in [0.15, 0.2) is 17.5 Å². The lowest BCUT2D eigenvalue weighted by molar-refractivity contribution is -0.122. The Kier molecular flexibility index (Phi) is 4.61. The zero-order chi connectivity index (χ0) is 14.7. The summed E-state index contributed by atoms with van der Waals surface area (Å²) in [4.78, 5) is 11.7. The van der Waals surface area contributed by atoms with Gasteiger partial charge in [-0.2, -0.15) is 0 Å². The molecule has 1 aromatic rings. The molecule has 1 aliphatic heterocycles. The van der Waals surface area contributed by atoms with Crippen LogP contribution < -0.4 is 10.6 Å². The van der Waals surface area contributed by atoms with Gasteiger partial charge in [0.1, 0.15) is 0 Å². The van der Waals surface area contributed by atoms with E-state index in [9.17, 15) is 23.1 Å². The Labute approximate surface area is 114 Å². The molecule has 20 heavy (non-hydrogen) atoms. The average Bonchev–Trinajstić information content (AvgIpc) is 2.38. The summed E-state index contributed by atoms with van der Waals surface area (Å²) in [6.45, 7) is 1.10. The van der Waals surface area contributed by atoms with Crippen molar-refractivity contribution < 1.29 is 23.1 Å². The molecule has 2 rings (SSSR count). The van der Waals surface area contributed by atoms with Crippen molar-refractivity contribution in [2.75, 3.05) is 13.1 Å². The van der Waals surface area contributed by atoms with E-state index in [4.69, 9.17) is 0 Å². The van der Waals surface area contributed by atoms with E-state index in [0.717, 1.165) is 12.1 Å². The van der Waals surface area contributed by atoms with E-state index in [-0.39, 0.29) is 12.0 Å². The molecule has 0 unspecified atom stereocenters. The number of hydrogen-bond donors (Lipinski definition) is 3. The molecule has 1 heterocycles. The van der Waals surface area contributed by atoms with Gasteiger partial charge in [0.05, 0.1) is 18.6 Å². The molecule has 1 saturated heterocycles. The van der Waals surface area contributed by atoms with Crippen LogP contribution in [0.2, 0.25) is 0 Å². The summed E-state index contributed by atoms with van der Waals surface area (Å²) in [5, 5.41) is 15.3. The van der Waals surface area contributed by atoms with E-state index < -0.39 is 35.5 Å². The van der Waals surface area contributed by atoms with E-state index in [1.54, 1.807) is 0 Å². The smallest absolute Gasteiger partial charge is 0.224 e. The summed E-state index contributed by atoms with van der Waals surface area (Å²) >= 11 is 0. The van der Waals surface area contributed by atoms with Gasteiger partial charge in [0.25, 0.3) is 0 Å². The summed E-state index contributed by atoms with van der Waals surface area (Å²) in [5.74, 6) is -4.69. The maximum atomic E-state index is 13.0. The highest BCUT2D eigenvalue weighted by molar-refractivity contribution is 5.79. The van der Waals surface area contributed by atoms with Crippen molar-refractivity contribution in [1.82, 2.24) is 10.6 Å². The Balaban J connectivity index is 1.97. The van der Waals surface area contributed by atoms with Crippen molar-refractivity contribution in [2.24, 2.45) is 0 Å². The number of carbonyl (C=O) groups is 1. The number of aliphatic hydroxyl groups excluding tert-OH is 1. The Bertz CT molecular complexity index is 487. The Morgan fingerprint density at radius 1 is 1.35 bits per heavy atom. The molecule has 2 atom stereocenters. The average molecular weight is 288 g/mol. The fraction of sp³-hybridized carbons (Fsp3) is 0.462. The maximum Gasteiger partial charge on any atom is 0.224 e. The van der Waals surface area contributed by atoms with Crippen LogP contribution in [0.5, 0.6) is 0 Å².